The van der Waals surface area contributed by atoms with Crippen LogP contribution in [0.1, 0.15) is 66.2 Å². The summed E-state index contributed by atoms with van der Waals surface area (Å²) in [5.41, 5.74) is 3.26. The summed E-state index contributed by atoms with van der Waals surface area (Å²) in [6, 6.07) is 0.231. The SMILES string of the molecule is COc1c(C)cnc(CN2CCC[C@H]2c2noc(C3CC3)n2)c1C. The maximum absolute atomic E-state index is 5.53. The first-order chi connectivity index (χ1) is 11.7. The van der Waals surface area contributed by atoms with Crippen molar-refractivity contribution in [3.63, 3.8) is 0 Å². The predicted molar refractivity (Wildman–Crippen MR) is 88.9 cm³/mol. The maximum Gasteiger partial charge on any atom is 0.229 e. The van der Waals surface area contributed by atoms with Crippen LogP contribution in [0.15, 0.2) is 10.7 Å². The van der Waals surface area contributed by atoms with Crippen molar-refractivity contribution in [1.29, 1.82) is 0 Å². The molecule has 0 aromatic carbocycles. The molecular weight excluding hydrogens is 304 g/mol. The molecule has 2 aliphatic rings. The monoisotopic (exact) mass is 328 g/mol. The topological polar surface area (TPSA) is 64.3 Å². The second-order valence-electron chi connectivity index (χ2n) is 6.94. The van der Waals surface area contributed by atoms with Crippen LogP contribution in [-0.4, -0.2) is 33.7 Å². The number of aryl methyl sites for hydroxylation is 1. The summed E-state index contributed by atoms with van der Waals surface area (Å²) in [5, 5.41) is 4.25. The van der Waals surface area contributed by atoms with Crippen molar-refractivity contribution in [2.75, 3.05) is 13.7 Å². The lowest BCUT2D eigenvalue weighted by atomic mass is 10.1. The quantitative estimate of drug-likeness (QED) is 0.839. The minimum atomic E-state index is 0.231. The molecule has 6 nitrogen and oxygen atoms in total. The molecule has 1 aliphatic heterocycles. The van der Waals surface area contributed by atoms with E-state index >= 15 is 0 Å². The van der Waals surface area contributed by atoms with Gasteiger partial charge in [0.2, 0.25) is 5.89 Å². The van der Waals surface area contributed by atoms with Gasteiger partial charge in [0.25, 0.3) is 0 Å². The Kier molecular flexibility index (Phi) is 4.00. The summed E-state index contributed by atoms with van der Waals surface area (Å²) in [6.45, 7) is 5.94. The molecule has 128 valence electrons. The highest BCUT2D eigenvalue weighted by molar-refractivity contribution is 5.41. The van der Waals surface area contributed by atoms with Gasteiger partial charge in [0.1, 0.15) is 5.75 Å². The molecule has 0 N–H and O–H groups in total. The molecule has 1 saturated carbocycles. The molecule has 0 unspecified atom stereocenters. The first-order valence-corrected chi connectivity index (χ1v) is 8.74. The van der Waals surface area contributed by atoms with Gasteiger partial charge in [-0.05, 0) is 46.1 Å². The number of nitrogens with zero attached hydrogens (tertiary/aromatic N) is 4. The Hall–Kier alpha value is -1.95. The minimum absolute atomic E-state index is 0.231. The number of ether oxygens (including phenoxy) is 1. The van der Waals surface area contributed by atoms with Crippen molar-refractivity contribution < 1.29 is 9.26 Å². The summed E-state index contributed by atoms with van der Waals surface area (Å²) >= 11 is 0. The smallest absolute Gasteiger partial charge is 0.229 e. The number of aromatic nitrogens is 3. The molecule has 1 aliphatic carbocycles. The Bertz CT molecular complexity index is 739. The molecule has 0 amide bonds. The van der Waals surface area contributed by atoms with Crippen LogP contribution < -0.4 is 4.74 Å². The lowest BCUT2D eigenvalue weighted by Gasteiger charge is -2.23. The molecule has 1 atom stereocenters. The number of rotatable bonds is 5. The van der Waals surface area contributed by atoms with E-state index in [0.29, 0.717) is 5.92 Å². The Morgan fingerprint density at radius 2 is 2.12 bits per heavy atom. The molecule has 3 heterocycles. The molecule has 4 rings (SSSR count). The van der Waals surface area contributed by atoms with Gasteiger partial charge in [-0.2, -0.15) is 4.98 Å². The van der Waals surface area contributed by atoms with E-state index in [9.17, 15) is 0 Å². The van der Waals surface area contributed by atoms with Crippen LogP contribution in [0.25, 0.3) is 0 Å². The van der Waals surface area contributed by atoms with Crippen molar-refractivity contribution in [2.24, 2.45) is 0 Å². The van der Waals surface area contributed by atoms with Gasteiger partial charge < -0.3 is 9.26 Å². The second-order valence-corrected chi connectivity index (χ2v) is 6.94. The zero-order valence-corrected chi connectivity index (χ0v) is 14.6. The van der Waals surface area contributed by atoms with Gasteiger partial charge in [0.15, 0.2) is 5.82 Å². The molecule has 0 radical (unpaired) electrons. The highest BCUT2D eigenvalue weighted by Gasteiger charge is 2.34. The van der Waals surface area contributed by atoms with Gasteiger partial charge in [-0.25, -0.2) is 0 Å². The average Bonchev–Trinajstić information content (AvgIpc) is 3.13. The summed E-state index contributed by atoms with van der Waals surface area (Å²) in [4.78, 5) is 11.7. The average molecular weight is 328 g/mol. The Labute approximate surface area is 142 Å². The summed E-state index contributed by atoms with van der Waals surface area (Å²) in [5.74, 6) is 3.10. The van der Waals surface area contributed by atoms with E-state index < -0.39 is 0 Å². The zero-order chi connectivity index (χ0) is 16.7. The van der Waals surface area contributed by atoms with E-state index in [1.54, 1.807) is 7.11 Å². The minimum Gasteiger partial charge on any atom is -0.496 e. The van der Waals surface area contributed by atoms with E-state index in [0.717, 1.165) is 60.2 Å². The molecule has 2 aromatic rings. The van der Waals surface area contributed by atoms with Crippen LogP contribution in [0.4, 0.5) is 0 Å². The fraction of sp³-hybridized carbons (Fsp3) is 0.611. The third-order valence-corrected chi connectivity index (χ3v) is 5.15. The molecule has 2 fully saturated rings. The van der Waals surface area contributed by atoms with Gasteiger partial charge in [0.05, 0.1) is 18.8 Å². The predicted octanol–water partition coefficient (Wildman–Crippen LogP) is 3.30. The summed E-state index contributed by atoms with van der Waals surface area (Å²) < 4.78 is 11.0. The third-order valence-electron chi connectivity index (χ3n) is 5.15. The number of hydrogen-bond donors (Lipinski definition) is 0. The van der Waals surface area contributed by atoms with Crippen molar-refractivity contribution in [2.45, 2.75) is 58.0 Å². The molecular formula is C18H24N4O2. The lowest BCUT2D eigenvalue weighted by molar-refractivity contribution is 0.230. The van der Waals surface area contributed by atoms with Gasteiger partial charge in [-0.3, -0.25) is 9.88 Å². The Morgan fingerprint density at radius 3 is 2.88 bits per heavy atom. The van der Waals surface area contributed by atoms with Crippen molar-refractivity contribution in [3.8, 4) is 5.75 Å². The van der Waals surface area contributed by atoms with Crippen LogP contribution in [-0.2, 0) is 6.54 Å². The first kappa shape index (κ1) is 15.6. The third kappa shape index (κ3) is 2.79. The van der Waals surface area contributed by atoms with E-state index in [1.165, 1.54) is 12.8 Å². The van der Waals surface area contributed by atoms with Gasteiger partial charge in [-0.1, -0.05) is 5.16 Å². The van der Waals surface area contributed by atoms with Crippen molar-refractivity contribution in [1.82, 2.24) is 20.0 Å². The molecule has 6 heteroatoms. The van der Waals surface area contributed by atoms with Crippen LogP contribution in [0.3, 0.4) is 0 Å². The normalized spacial score (nSPS) is 21.4. The molecule has 24 heavy (non-hydrogen) atoms. The standard InChI is InChI=1S/C18H24N4O2/c1-11-9-19-14(12(2)16(11)23-3)10-22-8-4-5-15(22)17-20-18(24-21-17)13-6-7-13/h9,13,15H,4-8,10H2,1-3H3/t15-/m0/s1. The molecule has 0 bridgehead atoms. The largest absolute Gasteiger partial charge is 0.496 e. The number of hydrogen-bond acceptors (Lipinski definition) is 6. The van der Waals surface area contributed by atoms with Gasteiger partial charge in [0, 0.05) is 29.8 Å². The highest BCUT2D eigenvalue weighted by atomic mass is 16.5. The van der Waals surface area contributed by atoms with Crippen LogP contribution in [0.5, 0.6) is 5.75 Å². The number of methoxy groups -OCH3 is 1. The molecule has 0 spiro atoms. The Balaban J connectivity index is 1.54. The highest BCUT2D eigenvalue weighted by Crippen LogP contribution is 2.40. The fourth-order valence-corrected chi connectivity index (χ4v) is 3.61. The van der Waals surface area contributed by atoms with Crippen molar-refractivity contribution in [3.05, 3.63) is 34.7 Å². The zero-order valence-electron chi connectivity index (χ0n) is 14.6. The van der Waals surface area contributed by atoms with Crippen LogP contribution in [0, 0.1) is 13.8 Å². The van der Waals surface area contributed by atoms with Crippen LogP contribution in [0.2, 0.25) is 0 Å². The van der Waals surface area contributed by atoms with Crippen molar-refractivity contribution >= 4 is 0 Å². The summed E-state index contributed by atoms with van der Waals surface area (Å²) in [7, 11) is 1.72. The van der Waals surface area contributed by atoms with Gasteiger partial charge in [-0.15, -0.1) is 0 Å². The maximum atomic E-state index is 5.53. The Morgan fingerprint density at radius 1 is 1.29 bits per heavy atom. The first-order valence-electron chi connectivity index (χ1n) is 8.74. The van der Waals surface area contributed by atoms with Gasteiger partial charge >= 0.3 is 0 Å². The van der Waals surface area contributed by atoms with E-state index in [2.05, 4.69) is 26.9 Å². The summed E-state index contributed by atoms with van der Waals surface area (Å²) in [6.07, 6.45) is 6.49. The molecule has 2 aromatic heterocycles. The second kappa shape index (κ2) is 6.16. The lowest BCUT2D eigenvalue weighted by Crippen LogP contribution is -2.24. The number of likely N-dealkylation sites (tertiary alicyclic amines) is 1. The number of pyridine rings is 1. The van der Waals surface area contributed by atoms with E-state index in [4.69, 9.17) is 9.26 Å². The van der Waals surface area contributed by atoms with E-state index in [-0.39, 0.29) is 6.04 Å². The van der Waals surface area contributed by atoms with Crippen LogP contribution >= 0.6 is 0 Å². The van der Waals surface area contributed by atoms with E-state index in [1.807, 2.05) is 13.1 Å². The fourth-order valence-electron chi connectivity index (χ4n) is 3.61. The molecule has 1 saturated heterocycles.